The summed E-state index contributed by atoms with van der Waals surface area (Å²) in [5, 5.41) is 15.0. The van der Waals surface area contributed by atoms with E-state index >= 15 is 0 Å². The van der Waals surface area contributed by atoms with E-state index in [0.29, 0.717) is 11.5 Å². The molecular weight excluding hydrogens is 262 g/mol. The first-order valence-electron chi connectivity index (χ1n) is 5.73. The number of nitrogen functional groups attached to an aromatic ring is 1. The molecule has 0 amide bonds. The van der Waals surface area contributed by atoms with E-state index in [0.717, 1.165) is 27.6 Å². The molecule has 0 aromatic carbocycles. The van der Waals surface area contributed by atoms with Crippen molar-refractivity contribution >= 4 is 28.7 Å². The number of hydrogen-bond donors (Lipinski definition) is 2. The number of rotatable bonds is 3. The molecule has 3 aromatic heterocycles. The molecule has 0 saturated heterocycles. The van der Waals surface area contributed by atoms with E-state index in [2.05, 4.69) is 31.6 Å². The second-order valence-electron chi connectivity index (χ2n) is 4.23. The number of nitrogens with one attached hydrogen (secondary N) is 1. The lowest BCUT2D eigenvalue weighted by Crippen LogP contribution is -1.97. The second-order valence-corrected chi connectivity index (χ2v) is 5.25. The molecule has 98 valence electrons. The first kappa shape index (κ1) is 12.0. The van der Waals surface area contributed by atoms with Crippen molar-refractivity contribution in [2.45, 2.75) is 17.6 Å². The predicted molar refractivity (Wildman–Crippen MR) is 73.6 cm³/mol. The van der Waals surface area contributed by atoms with E-state index < -0.39 is 0 Å². The highest BCUT2D eigenvalue weighted by molar-refractivity contribution is 7.98. The highest BCUT2D eigenvalue weighted by Gasteiger charge is 2.10. The molecule has 0 bridgehead atoms. The number of anilines is 1. The van der Waals surface area contributed by atoms with Crippen LogP contribution in [-0.2, 0) is 12.8 Å². The van der Waals surface area contributed by atoms with Gasteiger partial charge in [0.15, 0.2) is 0 Å². The van der Waals surface area contributed by atoms with E-state index in [-0.39, 0.29) is 0 Å². The molecule has 3 N–H and O–H groups in total. The van der Waals surface area contributed by atoms with Crippen molar-refractivity contribution in [2.75, 3.05) is 5.73 Å². The number of aromatic amines is 1. The second kappa shape index (κ2) is 4.54. The van der Waals surface area contributed by atoms with Gasteiger partial charge in [0.05, 0.1) is 5.69 Å². The Morgan fingerprint density at radius 3 is 2.95 bits per heavy atom. The number of fused-ring (bicyclic) bond motifs is 1. The van der Waals surface area contributed by atoms with Gasteiger partial charge in [-0.3, -0.25) is 4.68 Å². The molecular formula is C11H13N7S. The maximum Gasteiger partial charge on any atom is 0.204 e. The van der Waals surface area contributed by atoms with Crippen LogP contribution in [-0.4, -0.2) is 30.2 Å². The fourth-order valence-electron chi connectivity index (χ4n) is 1.89. The van der Waals surface area contributed by atoms with Gasteiger partial charge < -0.3 is 5.73 Å². The van der Waals surface area contributed by atoms with Crippen LogP contribution < -0.4 is 5.73 Å². The van der Waals surface area contributed by atoms with Crippen molar-refractivity contribution in [1.82, 2.24) is 30.2 Å². The number of H-pyrrole nitrogens is 1. The fourth-order valence-corrected chi connectivity index (χ4v) is 2.94. The van der Waals surface area contributed by atoms with Gasteiger partial charge in [-0.1, -0.05) is 0 Å². The van der Waals surface area contributed by atoms with Gasteiger partial charge in [-0.2, -0.15) is 15.4 Å². The summed E-state index contributed by atoms with van der Waals surface area (Å²) in [4.78, 5) is 5.08. The van der Waals surface area contributed by atoms with E-state index in [1.807, 2.05) is 24.7 Å². The fraction of sp³-hybridized carbons (Fsp3) is 0.273. The summed E-state index contributed by atoms with van der Waals surface area (Å²) in [6, 6.07) is 3.89. The van der Waals surface area contributed by atoms with E-state index in [1.165, 1.54) is 0 Å². The normalized spacial score (nSPS) is 11.3. The Balaban J connectivity index is 1.89. The van der Waals surface area contributed by atoms with Crippen LogP contribution in [0, 0.1) is 6.92 Å². The molecule has 7 nitrogen and oxygen atoms in total. The highest BCUT2D eigenvalue weighted by Crippen LogP contribution is 2.29. The molecule has 0 aliphatic carbocycles. The van der Waals surface area contributed by atoms with Crippen molar-refractivity contribution in [1.29, 1.82) is 0 Å². The third-order valence-corrected chi connectivity index (χ3v) is 3.81. The van der Waals surface area contributed by atoms with Crippen LogP contribution in [0.3, 0.4) is 0 Å². The Kier molecular flexibility index (Phi) is 2.86. The molecule has 8 heteroatoms. The minimum absolute atomic E-state index is 0.449. The number of thioether (sulfide) groups is 1. The van der Waals surface area contributed by atoms with Gasteiger partial charge in [0.2, 0.25) is 5.65 Å². The van der Waals surface area contributed by atoms with Gasteiger partial charge in [0.1, 0.15) is 11.3 Å². The minimum atomic E-state index is 0.449. The first-order chi connectivity index (χ1) is 9.13. The molecule has 0 fully saturated rings. The Morgan fingerprint density at radius 2 is 2.21 bits per heavy atom. The SMILES string of the molecule is Cc1cc(CSc2cc(N)nc3n[nH]nc23)n(C)n1. The van der Waals surface area contributed by atoms with Gasteiger partial charge in [0, 0.05) is 23.4 Å². The lowest BCUT2D eigenvalue weighted by molar-refractivity contribution is 0.727. The Labute approximate surface area is 113 Å². The number of hydrogen-bond acceptors (Lipinski definition) is 6. The van der Waals surface area contributed by atoms with Crippen LogP contribution in [0.2, 0.25) is 0 Å². The van der Waals surface area contributed by atoms with Crippen LogP contribution in [0.4, 0.5) is 5.82 Å². The van der Waals surface area contributed by atoms with Crippen molar-refractivity contribution in [3.8, 4) is 0 Å². The molecule has 3 aromatic rings. The summed E-state index contributed by atoms with van der Waals surface area (Å²) >= 11 is 1.65. The molecule has 0 aliphatic rings. The highest BCUT2D eigenvalue weighted by atomic mass is 32.2. The van der Waals surface area contributed by atoms with Crippen molar-refractivity contribution in [2.24, 2.45) is 7.05 Å². The average molecular weight is 275 g/mol. The van der Waals surface area contributed by atoms with Crippen molar-refractivity contribution < 1.29 is 0 Å². The molecule has 3 rings (SSSR count). The monoisotopic (exact) mass is 275 g/mol. The van der Waals surface area contributed by atoms with E-state index in [1.54, 1.807) is 11.8 Å². The molecule has 0 spiro atoms. The smallest absolute Gasteiger partial charge is 0.204 e. The molecule has 0 unspecified atom stereocenters. The van der Waals surface area contributed by atoms with Crippen LogP contribution in [0.25, 0.3) is 11.2 Å². The van der Waals surface area contributed by atoms with Gasteiger partial charge >= 0.3 is 0 Å². The summed E-state index contributed by atoms with van der Waals surface area (Å²) in [5.41, 5.74) is 9.22. The quantitative estimate of drug-likeness (QED) is 0.698. The molecule has 0 saturated carbocycles. The summed E-state index contributed by atoms with van der Waals surface area (Å²) in [5.74, 6) is 1.24. The number of pyridine rings is 1. The standard InChI is InChI=1S/C11H13N7S/c1-6-3-7(18(2)16-6)5-19-8-4-9(12)13-11-10(8)14-17-15-11/h3-4H,5H2,1-2H3,(H3,12,13,14,15,17). The maximum atomic E-state index is 5.76. The minimum Gasteiger partial charge on any atom is -0.384 e. The Morgan fingerprint density at radius 1 is 1.37 bits per heavy atom. The number of aryl methyl sites for hydroxylation is 2. The summed E-state index contributed by atoms with van der Waals surface area (Å²) in [6.07, 6.45) is 0. The third kappa shape index (κ3) is 2.26. The predicted octanol–water partition coefficient (Wildman–Crippen LogP) is 1.27. The number of nitrogens with zero attached hydrogens (tertiary/aromatic N) is 5. The summed E-state index contributed by atoms with van der Waals surface area (Å²) in [6.45, 7) is 1.98. The van der Waals surface area contributed by atoms with Gasteiger partial charge in [-0.15, -0.1) is 16.9 Å². The van der Waals surface area contributed by atoms with Crippen molar-refractivity contribution in [3.63, 3.8) is 0 Å². The topological polar surface area (TPSA) is 98.3 Å². The zero-order valence-corrected chi connectivity index (χ0v) is 11.4. The number of aromatic nitrogens is 6. The van der Waals surface area contributed by atoms with Gasteiger partial charge in [-0.05, 0) is 19.1 Å². The number of nitrogens with two attached hydrogens (primary N) is 1. The van der Waals surface area contributed by atoms with E-state index in [9.17, 15) is 0 Å². The van der Waals surface area contributed by atoms with E-state index in [4.69, 9.17) is 5.73 Å². The van der Waals surface area contributed by atoms with Crippen LogP contribution in [0.1, 0.15) is 11.4 Å². The molecule has 0 radical (unpaired) electrons. The zero-order valence-electron chi connectivity index (χ0n) is 10.6. The zero-order chi connectivity index (χ0) is 13.4. The molecule has 0 aliphatic heterocycles. The Bertz CT molecular complexity index is 730. The summed E-state index contributed by atoms with van der Waals surface area (Å²) < 4.78 is 1.88. The largest absolute Gasteiger partial charge is 0.384 e. The van der Waals surface area contributed by atoms with Crippen LogP contribution in [0.15, 0.2) is 17.0 Å². The van der Waals surface area contributed by atoms with Gasteiger partial charge in [-0.25, -0.2) is 4.98 Å². The van der Waals surface area contributed by atoms with Crippen molar-refractivity contribution in [3.05, 3.63) is 23.5 Å². The lowest BCUT2D eigenvalue weighted by atomic mass is 10.4. The van der Waals surface area contributed by atoms with Crippen LogP contribution >= 0.6 is 11.8 Å². The van der Waals surface area contributed by atoms with Gasteiger partial charge in [0.25, 0.3) is 0 Å². The third-order valence-electron chi connectivity index (χ3n) is 2.75. The lowest BCUT2D eigenvalue weighted by Gasteiger charge is -2.03. The molecule has 19 heavy (non-hydrogen) atoms. The molecule has 3 heterocycles. The first-order valence-corrected chi connectivity index (χ1v) is 6.71. The maximum absolute atomic E-state index is 5.76. The molecule has 0 atom stereocenters. The van der Waals surface area contributed by atoms with Crippen LogP contribution in [0.5, 0.6) is 0 Å². The Hall–Kier alpha value is -2.09. The summed E-state index contributed by atoms with van der Waals surface area (Å²) in [7, 11) is 1.94. The average Bonchev–Trinajstić information content (AvgIpc) is 2.92.